The fourth-order valence-electron chi connectivity index (χ4n) is 1.39. The first-order valence-electron chi connectivity index (χ1n) is 4.81. The van der Waals surface area contributed by atoms with Crippen LogP contribution in [0.2, 0.25) is 0 Å². The number of nitrogens with two attached hydrogens (primary N) is 1. The van der Waals surface area contributed by atoms with Crippen LogP contribution in [0.5, 0.6) is 0 Å². The predicted molar refractivity (Wildman–Crippen MR) is 62.2 cm³/mol. The van der Waals surface area contributed by atoms with Gasteiger partial charge in [-0.05, 0) is 11.4 Å². The third-order valence-electron chi connectivity index (χ3n) is 2.39. The lowest BCUT2D eigenvalue weighted by atomic mass is 10.2. The average molecular weight is 237 g/mol. The predicted octanol–water partition coefficient (Wildman–Crippen LogP) is 0.579. The lowest BCUT2D eigenvalue weighted by molar-refractivity contribution is -0.121. The van der Waals surface area contributed by atoms with Crippen LogP contribution in [0.15, 0.2) is 22.6 Å². The number of amides is 1. The second-order valence-corrected chi connectivity index (χ2v) is 4.56. The van der Waals surface area contributed by atoms with E-state index >= 15 is 0 Å². The molecule has 0 saturated heterocycles. The first kappa shape index (κ1) is 10.8. The summed E-state index contributed by atoms with van der Waals surface area (Å²) in [4.78, 5) is 27.0. The summed E-state index contributed by atoms with van der Waals surface area (Å²) in [6.45, 7) is 1.96. The fraction of sp³-hybridized carbons (Fsp3) is 0.300. The van der Waals surface area contributed by atoms with Gasteiger partial charge in [-0.1, -0.05) is 6.92 Å². The minimum atomic E-state index is -0.418. The monoisotopic (exact) mass is 237 g/mol. The highest BCUT2D eigenvalue weighted by Gasteiger charge is 2.12. The summed E-state index contributed by atoms with van der Waals surface area (Å²) in [6, 6.07) is 1.79. The molecule has 2 heterocycles. The Bertz CT molecular complexity index is 587. The SMILES string of the molecule is CC(Cn1cnc2ccsc2c1=O)C(N)=O. The van der Waals surface area contributed by atoms with Crippen molar-refractivity contribution in [3.63, 3.8) is 0 Å². The van der Waals surface area contributed by atoms with Gasteiger partial charge < -0.3 is 5.73 Å². The Labute approximate surface area is 95.5 Å². The average Bonchev–Trinajstić information content (AvgIpc) is 2.70. The summed E-state index contributed by atoms with van der Waals surface area (Å²) in [5.41, 5.74) is 5.73. The molecule has 1 atom stereocenters. The van der Waals surface area contributed by atoms with E-state index in [9.17, 15) is 9.59 Å². The van der Waals surface area contributed by atoms with Crippen LogP contribution in [0, 0.1) is 5.92 Å². The van der Waals surface area contributed by atoms with Gasteiger partial charge in [0.2, 0.25) is 5.91 Å². The first-order chi connectivity index (χ1) is 7.59. The van der Waals surface area contributed by atoms with E-state index in [1.807, 2.05) is 5.38 Å². The molecule has 2 aromatic heterocycles. The normalized spacial score (nSPS) is 12.8. The van der Waals surface area contributed by atoms with Crippen LogP contribution in [0.3, 0.4) is 0 Å². The van der Waals surface area contributed by atoms with Crippen LogP contribution in [0.4, 0.5) is 0 Å². The third kappa shape index (κ3) is 1.83. The van der Waals surface area contributed by atoms with Gasteiger partial charge >= 0.3 is 0 Å². The Kier molecular flexibility index (Phi) is 2.74. The molecule has 16 heavy (non-hydrogen) atoms. The molecule has 0 saturated carbocycles. The quantitative estimate of drug-likeness (QED) is 0.848. The van der Waals surface area contributed by atoms with Gasteiger partial charge in [0.15, 0.2) is 0 Å². The van der Waals surface area contributed by atoms with Gasteiger partial charge in [0.25, 0.3) is 5.56 Å². The minimum absolute atomic E-state index is 0.117. The Hall–Kier alpha value is -1.69. The van der Waals surface area contributed by atoms with Crippen molar-refractivity contribution >= 4 is 27.5 Å². The largest absolute Gasteiger partial charge is 0.369 e. The lowest BCUT2D eigenvalue weighted by Crippen LogP contribution is -2.29. The summed E-state index contributed by atoms with van der Waals surface area (Å²) >= 11 is 1.35. The molecule has 84 valence electrons. The summed E-state index contributed by atoms with van der Waals surface area (Å²) < 4.78 is 2.04. The Morgan fingerprint density at radius 2 is 2.44 bits per heavy atom. The third-order valence-corrected chi connectivity index (χ3v) is 3.28. The van der Waals surface area contributed by atoms with Gasteiger partial charge in [-0.2, -0.15) is 0 Å². The van der Waals surface area contributed by atoms with Gasteiger partial charge in [-0.3, -0.25) is 14.2 Å². The highest BCUT2D eigenvalue weighted by molar-refractivity contribution is 7.17. The van der Waals surface area contributed by atoms with E-state index in [1.165, 1.54) is 22.2 Å². The number of carbonyl (C=O) groups excluding carboxylic acids is 1. The van der Waals surface area contributed by atoms with Gasteiger partial charge in [-0.25, -0.2) is 4.98 Å². The fourth-order valence-corrected chi connectivity index (χ4v) is 2.19. The molecule has 0 aliphatic heterocycles. The molecule has 2 aromatic rings. The number of primary amides is 1. The molecular weight excluding hydrogens is 226 g/mol. The zero-order chi connectivity index (χ0) is 11.7. The second kappa shape index (κ2) is 4.05. The zero-order valence-corrected chi connectivity index (χ0v) is 9.53. The van der Waals surface area contributed by atoms with Gasteiger partial charge in [0.1, 0.15) is 4.70 Å². The van der Waals surface area contributed by atoms with E-state index in [0.717, 1.165) is 0 Å². The minimum Gasteiger partial charge on any atom is -0.369 e. The molecule has 0 aliphatic carbocycles. The van der Waals surface area contributed by atoms with Crippen molar-refractivity contribution in [1.82, 2.24) is 9.55 Å². The smallest absolute Gasteiger partial charge is 0.271 e. The molecule has 0 aliphatic rings. The molecule has 0 fully saturated rings. The van der Waals surface area contributed by atoms with E-state index in [0.29, 0.717) is 10.2 Å². The number of fused-ring (bicyclic) bond motifs is 1. The number of rotatable bonds is 3. The number of hydrogen-bond donors (Lipinski definition) is 1. The molecule has 1 unspecified atom stereocenters. The van der Waals surface area contributed by atoms with Crippen LogP contribution in [-0.4, -0.2) is 15.5 Å². The van der Waals surface area contributed by atoms with Crippen LogP contribution in [0.1, 0.15) is 6.92 Å². The molecule has 1 amide bonds. The number of thiophene rings is 1. The van der Waals surface area contributed by atoms with Gasteiger partial charge in [0, 0.05) is 6.54 Å². The maximum absolute atomic E-state index is 11.9. The summed E-state index contributed by atoms with van der Waals surface area (Å²) in [7, 11) is 0. The molecule has 0 spiro atoms. The Morgan fingerprint density at radius 1 is 1.69 bits per heavy atom. The molecule has 0 aromatic carbocycles. The molecular formula is C10H11N3O2S. The standard InChI is InChI=1S/C10H11N3O2S/c1-6(9(11)14)4-13-5-12-7-2-3-16-8(7)10(13)15/h2-3,5-6H,4H2,1H3,(H2,11,14). The van der Waals surface area contributed by atoms with E-state index in [4.69, 9.17) is 5.73 Å². The van der Waals surface area contributed by atoms with Crippen LogP contribution in [-0.2, 0) is 11.3 Å². The molecule has 2 rings (SSSR count). The summed E-state index contributed by atoms with van der Waals surface area (Å²) in [5.74, 6) is -0.796. The molecule has 2 N–H and O–H groups in total. The highest BCUT2D eigenvalue weighted by Crippen LogP contribution is 2.13. The van der Waals surface area contributed by atoms with Gasteiger partial charge in [-0.15, -0.1) is 11.3 Å². The molecule has 0 radical (unpaired) electrons. The van der Waals surface area contributed by atoms with Crippen molar-refractivity contribution in [3.05, 3.63) is 28.1 Å². The Balaban J connectivity index is 2.42. The molecule has 0 bridgehead atoms. The van der Waals surface area contributed by atoms with E-state index in [1.54, 1.807) is 13.0 Å². The first-order valence-corrected chi connectivity index (χ1v) is 5.69. The highest BCUT2D eigenvalue weighted by atomic mass is 32.1. The summed E-state index contributed by atoms with van der Waals surface area (Å²) in [6.07, 6.45) is 1.46. The topological polar surface area (TPSA) is 78.0 Å². The molecule has 5 nitrogen and oxygen atoms in total. The lowest BCUT2D eigenvalue weighted by Gasteiger charge is -2.09. The van der Waals surface area contributed by atoms with Gasteiger partial charge in [0.05, 0.1) is 17.8 Å². The second-order valence-electron chi connectivity index (χ2n) is 3.64. The van der Waals surface area contributed by atoms with E-state index in [2.05, 4.69) is 4.98 Å². The Morgan fingerprint density at radius 3 is 3.12 bits per heavy atom. The van der Waals surface area contributed by atoms with E-state index < -0.39 is 5.91 Å². The van der Waals surface area contributed by atoms with Crippen molar-refractivity contribution in [2.24, 2.45) is 11.7 Å². The number of aromatic nitrogens is 2. The number of hydrogen-bond acceptors (Lipinski definition) is 4. The van der Waals surface area contributed by atoms with Crippen molar-refractivity contribution in [3.8, 4) is 0 Å². The van der Waals surface area contributed by atoms with Crippen LogP contribution in [0.25, 0.3) is 10.2 Å². The van der Waals surface area contributed by atoms with Crippen LogP contribution >= 0.6 is 11.3 Å². The van der Waals surface area contributed by atoms with Crippen molar-refractivity contribution in [2.75, 3.05) is 0 Å². The van der Waals surface area contributed by atoms with E-state index in [-0.39, 0.29) is 18.0 Å². The maximum atomic E-state index is 11.9. The maximum Gasteiger partial charge on any atom is 0.271 e. The van der Waals surface area contributed by atoms with Crippen molar-refractivity contribution in [1.29, 1.82) is 0 Å². The van der Waals surface area contributed by atoms with Crippen LogP contribution < -0.4 is 11.3 Å². The summed E-state index contributed by atoms with van der Waals surface area (Å²) in [5, 5.41) is 1.82. The zero-order valence-electron chi connectivity index (χ0n) is 8.71. The number of nitrogens with zero attached hydrogens (tertiary/aromatic N) is 2. The van der Waals surface area contributed by atoms with Crippen molar-refractivity contribution < 1.29 is 4.79 Å². The van der Waals surface area contributed by atoms with Crippen molar-refractivity contribution in [2.45, 2.75) is 13.5 Å². The molecule has 6 heteroatoms. The number of carbonyl (C=O) groups is 1.